The molecule has 8 heteroatoms. The van der Waals surface area contributed by atoms with Gasteiger partial charge in [0.2, 0.25) is 5.60 Å². The van der Waals surface area contributed by atoms with Crippen molar-refractivity contribution < 1.29 is 39.2 Å². The zero-order valence-electron chi connectivity index (χ0n) is 26.8. The number of aliphatic carboxylic acids is 3. The number of ether oxygens (including phenoxy) is 1. The van der Waals surface area contributed by atoms with Gasteiger partial charge in [-0.1, -0.05) is 155 Å². The van der Waals surface area contributed by atoms with Crippen LogP contribution in [0.2, 0.25) is 0 Å². The van der Waals surface area contributed by atoms with Gasteiger partial charge in [0.15, 0.2) is 0 Å². The van der Waals surface area contributed by atoms with E-state index in [0.29, 0.717) is 12.8 Å². The number of carboxylic acid groups (broad SMARTS) is 3. The molecule has 0 aromatic heterocycles. The number of hydrogen-bond donors (Lipinski definition) is 3. The lowest BCUT2D eigenvalue weighted by Crippen LogP contribution is -2.54. The molecule has 0 rings (SSSR count). The topological polar surface area (TPSA) is 138 Å². The lowest BCUT2D eigenvalue weighted by Gasteiger charge is -2.33. The minimum atomic E-state index is -2.62. The van der Waals surface area contributed by atoms with E-state index in [2.05, 4.69) is 6.92 Å². The molecular weight excluding hydrogens is 536 g/mol. The number of carbonyl (C=O) groups is 4. The molecule has 2 unspecified atom stereocenters. The summed E-state index contributed by atoms with van der Waals surface area (Å²) in [5.41, 5.74) is -2.62. The molecule has 8 nitrogen and oxygen atoms in total. The Morgan fingerprint density at radius 2 is 0.905 bits per heavy atom. The third-order valence-electron chi connectivity index (χ3n) is 8.26. The van der Waals surface area contributed by atoms with Gasteiger partial charge in [0.1, 0.15) is 5.92 Å². The van der Waals surface area contributed by atoms with Crippen LogP contribution in [0.3, 0.4) is 0 Å². The van der Waals surface area contributed by atoms with Gasteiger partial charge in [0.25, 0.3) is 0 Å². The average Bonchev–Trinajstić information content (AvgIpc) is 2.93. The van der Waals surface area contributed by atoms with Gasteiger partial charge in [-0.25, -0.2) is 4.79 Å². The van der Waals surface area contributed by atoms with E-state index in [1.807, 2.05) is 6.92 Å². The number of hydrogen-bond acceptors (Lipinski definition) is 5. The molecule has 0 amide bonds. The fourth-order valence-electron chi connectivity index (χ4n) is 5.66. The third-order valence-corrected chi connectivity index (χ3v) is 8.26. The fraction of sp³-hybridized carbons (Fsp3) is 0.882. The molecule has 3 N–H and O–H groups in total. The van der Waals surface area contributed by atoms with E-state index in [4.69, 9.17) is 4.74 Å². The predicted octanol–water partition coefficient (Wildman–Crippen LogP) is 9.32. The second kappa shape index (κ2) is 26.5. The minimum Gasteiger partial charge on any atom is -0.481 e. The van der Waals surface area contributed by atoms with Gasteiger partial charge in [0.05, 0.1) is 6.42 Å². The van der Waals surface area contributed by atoms with Gasteiger partial charge in [-0.05, 0) is 12.8 Å². The Kier molecular flexibility index (Phi) is 25.2. The lowest BCUT2D eigenvalue weighted by molar-refractivity contribution is -0.195. The van der Waals surface area contributed by atoms with Crippen molar-refractivity contribution in [3.8, 4) is 0 Å². The summed E-state index contributed by atoms with van der Waals surface area (Å²) in [6, 6.07) is 0. The van der Waals surface area contributed by atoms with Crippen LogP contribution in [0, 0.1) is 5.92 Å². The molecule has 0 heterocycles. The Morgan fingerprint density at radius 1 is 0.548 bits per heavy atom. The van der Waals surface area contributed by atoms with Gasteiger partial charge in [-0.3, -0.25) is 14.4 Å². The van der Waals surface area contributed by atoms with Crippen molar-refractivity contribution >= 4 is 23.9 Å². The second-order valence-electron chi connectivity index (χ2n) is 12.1. The van der Waals surface area contributed by atoms with E-state index in [0.717, 1.165) is 38.5 Å². The van der Waals surface area contributed by atoms with Gasteiger partial charge >= 0.3 is 23.9 Å². The highest BCUT2D eigenvalue weighted by atomic mass is 16.6. The molecule has 0 aliphatic carbocycles. The summed E-state index contributed by atoms with van der Waals surface area (Å²) < 4.78 is 5.17. The number of carboxylic acids is 3. The van der Waals surface area contributed by atoms with Crippen LogP contribution in [-0.4, -0.2) is 44.8 Å². The molecule has 0 spiro atoms. The molecule has 0 aliphatic heterocycles. The van der Waals surface area contributed by atoms with Crippen molar-refractivity contribution in [2.75, 3.05) is 0 Å². The van der Waals surface area contributed by atoms with Crippen molar-refractivity contribution in [2.24, 2.45) is 5.92 Å². The molecule has 2 atom stereocenters. The van der Waals surface area contributed by atoms with Gasteiger partial charge in [-0.2, -0.15) is 0 Å². The first-order valence-electron chi connectivity index (χ1n) is 17.1. The summed E-state index contributed by atoms with van der Waals surface area (Å²) in [5, 5.41) is 29.0. The first-order valence-corrected chi connectivity index (χ1v) is 17.1. The van der Waals surface area contributed by atoms with E-state index in [1.54, 1.807) is 0 Å². The summed E-state index contributed by atoms with van der Waals surface area (Å²) in [5.74, 6) is -7.21. The van der Waals surface area contributed by atoms with Crippen molar-refractivity contribution in [1.29, 1.82) is 0 Å². The van der Waals surface area contributed by atoms with Gasteiger partial charge < -0.3 is 20.1 Å². The summed E-state index contributed by atoms with van der Waals surface area (Å²) in [6.07, 6.45) is 25.1. The largest absolute Gasteiger partial charge is 0.481 e. The number of unbranched alkanes of at least 4 members (excludes halogenated alkanes) is 21. The molecule has 42 heavy (non-hydrogen) atoms. The van der Waals surface area contributed by atoms with Crippen LogP contribution in [0.15, 0.2) is 0 Å². The van der Waals surface area contributed by atoms with Crippen LogP contribution >= 0.6 is 0 Å². The standard InChI is InChI=1S/C34H62O8/c1-3-5-7-8-9-10-11-12-13-14-15-16-17-18-19-20-21-22-23-25-26-29(32(38)39)34(33(40)41,28-30(35)36)42-31(37)27-24-6-4-2/h29H,3-28H2,1-2H3,(H,35,36)(H,38,39)(H,40,41). The highest BCUT2D eigenvalue weighted by molar-refractivity contribution is 5.92. The maximum atomic E-state index is 12.3. The molecule has 0 aliphatic rings. The van der Waals surface area contributed by atoms with Gasteiger partial charge in [0, 0.05) is 6.42 Å². The van der Waals surface area contributed by atoms with Crippen LogP contribution in [0.25, 0.3) is 0 Å². The number of carbonyl (C=O) groups excluding carboxylic acids is 1. The highest BCUT2D eigenvalue weighted by Crippen LogP contribution is 2.33. The van der Waals surface area contributed by atoms with Crippen molar-refractivity contribution in [2.45, 2.75) is 186 Å². The Labute approximate surface area is 255 Å². The van der Waals surface area contributed by atoms with Crippen LogP contribution < -0.4 is 0 Å². The Balaban J connectivity index is 4.19. The van der Waals surface area contributed by atoms with Crippen molar-refractivity contribution in [3.05, 3.63) is 0 Å². The molecule has 0 radical (unpaired) electrons. The highest BCUT2D eigenvalue weighted by Gasteiger charge is 2.54. The van der Waals surface area contributed by atoms with Crippen LogP contribution in [0.1, 0.15) is 181 Å². The van der Waals surface area contributed by atoms with E-state index in [1.165, 1.54) is 96.3 Å². The first kappa shape index (κ1) is 39.9. The SMILES string of the molecule is CCCCCCCCCCCCCCCCCCCCCCC(C(=O)O)C(CC(=O)O)(OC(=O)CCCCC)C(=O)O. The van der Waals surface area contributed by atoms with Crippen LogP contribution in [0.5, 0.6) is 0 Å². The molecular formula is C34H62O8. The number of rotatable bonds is 31. The zero-order valence-corrected chi connectivity index (χ0v) is 26.8. The Hall–Kier alpha value is -2.12. The molecule has 246 valence electrons. The Morgan fingerprint density at radius 3 is 1.24 bits per heavy atom. The van der Waals surface area contributed by atoms with Crippen molar-refractivity contribution in [3.63, 3.8) is 0 Å². The maximum absolute atomic E-state index is 12.3. The number of esters is 1. The summed E-state index contributed by atoms with van der Waals surface area (Å²) in [6.45, 7) is 4.20. The fourth-order valence-corrected chi connectivity index (χ4v) is 5.66. The first-order chi connectivity index (χ1) is 20.2. The smallest absolute Gasteiger partial charge is 0.349 e. The van der Waals surface area contributed by atoms with E-state index < -0.39 is 41.8 Å². The van der Waals surface area contributed by atoms with E-state index in [9.17, 15) is 34.5 Å². The molecule has 0 aromatic rings. The molecule has 0 bridgehead atoms. The molecule has 0 saturated carbocycles. The average molecular weight is 599 g/mol. The van der Waals surface area contributed by atoms with E-state index in [-0.39, 0.29) is 12.8 Å². The second-order valence-corrected chi connectivity index (χ2v) is 12.1. The summed E-state index contributed by atoms with van der Waals surface area (Å²) in [7, 11) is 0. The molecule has 0 fully saturated rings. The minimum absolute atomic E-state index is 0.0594. The lowest BCUT2D eigenvalue weighted by atomic mass is 9.80. The quantitative estimate of drug-likeness (QED) is 0.0530. The summed E-state index contributed by atoms with van der Waals surface area (Å²) in [4.78, 5) is 48.1. The molecule has 0 saturated heterocycles. The van der Waals surface area contributed by atoms with E-state index >= 15 is 0 Å². The van der Waals surface area contributed by atoms with Crippen molar-refractivity contribution in [1.82, 2.24) is 0 Å². The maximum Gasteiger partial charge on any atom is 0.349 e. The zero-order chi connectivity index (χ0) is 31.5. The normalized spacial score (nSPS) is 13.4. The Bertz CT molecular complexity index is 722. The molecule has 0 aromatic carbocycles. The predicted molar refractivity (Wildman–Crippen MR) is 167 cm³/mol. The van der Waals surface area contributed by atoms with Crippen LogP contribution in [0.4, 0.5) is 0 Å². The summed E-state index contributed by atoms with van der Waals surface area (Å²) >= 11 is 0. The van der Waals surface area contributed by atoms with Crippen LogP contribution in [-0.2, 0) is 23.9 Å². The monoisotopic (exact) mass is 598 g/mol. The third kappa shape index (κ3) is 19.9. The van der Waals surface area contributed by atoms with Gasteiger partial charge in [-0.15, -0.1) is 0 Å².